The van der Waals surface area contributed by atoms with Crippen LogP contribution in [0.2, 0.25) is 5.02 Å². The van der Waals surface area contributed by atoms with Crippen LogP contribution in [0.4, 0.5) is 5.69 Å². The number of hydrogen-bond donors (Lipinski definition) is 1. The highest BCUT2D eigenvalue weighted by atomic mass is 35.5. The van der Waals surface area contributed by atoms with Crippen molar-refractivity contribution in [3.63, 3.8) is 0 Å². The van der Waals surface area contributed by atoms with Crippen LogP contribution >= 0.6 is 11.6 Å². The predicted octanol–water partition coefficient (Wildman–Crippen LogP) is 4.28. The molecule has 3 heteroatoms. The molecule has 2 aromatic rings. The predicted molar refractivity (Wildman–Crippen MR) is 79.0 cm³/mol. The summed E-state index contributed by atoms with van der Waals surface area (Å²) in [5.74, 6) is 0.806. The standard InChI is InChI=1S/C16H16ClNO/c17-14-7-2-8-15(10-14)19-11-13-5-1-4-12-6-3-9-18-16(12)13/h1-2,4-5,7-8,10,18H,3,6,9,11H2. The highest BCUT2D eigenvalue weighted by Gasteiger charge is 2.12. The Morgan fingerprint density at radius 2 is 2.05 bits per heavy atom. The van der Waals surface area contributed by atoms with Gasteiger partial charge in [-0.05, 0) is 36.6 Å². The number of ether oxygens (including phenoxy) is 1. The zero-order valence-corrected chi connectivity index (χ0v) is 11.4. The minimum absolute atomic E-state index is 0.566. The van der Waals surface area contributed by atoms with E-state index in [2.05, 4.69) is 23.5 Å². The van der Waals surface area contributed by atoms with Crippen molar-refractivity contribution < 1.29 is 4.74 Å². The fourth-order valence-electron chi connectivity index (χ4n) is 2.42. The molecule has 0 unspecified atom stereocenters. The molecule has 1 aliphatic rings. The third-order valence-electron chi connectivity index (χ3n) is 3.35. The lowest BCUT2D eigenvalue weighted by molar-refractivity contribution is 0.306. The lowest BCUT2D eigenvalue weighted by Gasteiger charge is -2.21. The highest BCUT2D eigenvalue weighted by molar-refractivity contribution is 6.30. The molecule has 0 amide bonds. The minimum Gasteiger partial charge on any atom is -0.489 e. The second kappa shape index (κ2) is 5.54. The summed E-state index contributed by atoms with van der Waals surface area (Å²) in [5.41, 5.74) is 3.84. The van der Waals surface area contributed by atoms with Gasteiger partial charge < -0.3 is 10.1 Å². The van der Waals surface area contributed by atoms with Crippen molar-refractivity contribution in [1.82, 2.24) is 0 Å². The summed E-state index contributed by atoms with van der Waals surface area (Å²) in [6.45, 7) is 1.61. The van der Waals surface area contributed by atoms with Crippen LogP contribution in [0, 0.1) is 0 Å². The van der Waals surface area contributed by atoms with E-state index in [9.17, 15) is 0 Å². The molecule has 0 atom stereocenters. The van der Waals surface area contributed by atoms with Crippen LogP contribution < -0.4 is 10.1 Å². The van der Waals surface area contributed by atoms with E-state index in [1.165, 1.54) is 23.2 Å². The van der Waals surface area contributed by atoms with Crippen molar-refractivity contribution in [3.05, 3.63) is 58.6 Å². The molecule has 0 spiro atoms. The molecule has 1 N–H and O–H groups in total. The van der Waals surface area contributed by atoms with Gasteiger partial charge in [-0.2, -0.15) is 0 Å². The van der Waals surface area contributed by atoms with E-state index >= 15 is 0 Å². The Morgan fingerprint density at radius 1 is 1.16 bits per heavy atom. The SMILES string of the molecule is Clc1cccc(OCc2cccc3c2NCCC3)c1. The van der Waals surface area contributed by atoms with E-state index in [1.54, 1.807) is 0 Å². The summed E-state index contributed by atoms with van der Waals surface area (Å²) in [4.78, 5) is 0. The van der Waals surface area contributed by atoms with E-state index in [1.807, 2.05) is 24.3 Å². The van der Waals surface area contributed by atoms with E-state index in [4.69, 9.17) is 16.3 Å². The van der Waals surface area contributed by atoms with Gasteiger partial charge in [-0.3, -0.25) is 0 Å². The second-order valence-electron chi connectivity index (χ2n) is 4.73. The van der Waals surface area contributed by atoms with Gasteiger partial charge in [0.1, 0.15) is 12.4 Å². The van der Waals surface area contributed by atoms with Crippen molar-refractivity contribution in [3.8, 4) is 5.75 Å². The summed E-state index contributed by atoms with van der Waals surface area (Å²) in [6, 6.07) is 13.9. The number of aryl methyl sites for hydroxylation is 1. The summed E-state index contributed by atoms with van der Waals surface area (Å²) >= 11 is 5.95. The molecular weight excluding hydrogens is 258 g/mol. The first kappa shape index (κ1) is 12.4. The lowest BCUT2D eigenvalue weighted by Crippen LogP contribution is -2.14. The van der Waals surface area contributed by atoms with Crippen LogP contribution in [-0.2, 0) is 13.0 Å². The Bertz CT molecular complexity index is 583. The van der Waals surface area contributed by atoms with Crippen molar-refractivity contribution in [2.24, 2.45) is 0 Å². The number of benzene rings is 2. The Balaban J connectivity index is 1.77. The Hall–Kier alpha value is -1.67. The topological polar surface area (TPSA) is 21.3 Å². The Morgan fingerprint density at radius 3 is 2.95 bits per heavy atom. The van der Waals surface area contributed by atoms with Gasteiger partial charge in [0, 0.05) is 22.8 Å². The second-order valence-corrected chi connectivity index (χ2v) is 5.16. The fraction of sp³-hybridized carbons (Fsp3) is 0.250. The van der Waals surface area contributed by atoms with Crippen LogP contribution in [0.25, 0.3) is 0 Å². The normalized spacial score (nSPS) is 13.5. The number of anilines is 1. The minimum atomic E-state index is 0.566. The molecule has 0 saturated carbocycles. The van der Waals surface area contributed by atoms with Crippen LogP contribution in [-0.4, -0.2) is 6.54 Å². The smallest absolute Gasteiger partial charge is 0.121 e. The summed E-state index contributed by atoms with van der Waals surface area (Å²) in [6.07, 6.45) is 2.35. The Kier molecular flexibility index (Phi) is 3.60. The van der Waals surface area contributed by atoms with Gasteiger partial charge in [-0.15, -0.1) is 0 Å². The first-order chi connectivity index (χ1) is 9.33. The van der Waals surface area contributed by atoms with E-state index in [0.29, 0.717) is 11.6 Å². The number of hydrogen-bond acceptors (Lipinski definition) is 2. The number of para-hydroxylation sites is 1. The van der Waals surface area contributed by atoms with Crippen molar-refractivity contribution in [1.29, 1.82) is 0 Å². The first-order valence-corrected chi connectivity index (χ1v) is 6.94. The van der Waals surface area contributed by atoms with Gasteiger partial charge in [0.15, 0.2) is 0 Å². The van der Waals surface area contributed by atoms with Crippen LogP contribution in [0.1, 0.15) is 17.5 Å². The van der Waals surface area contributed by atoms with Gasteiger partial charge in [-0.1, -0.05) is 35.9 Å². The monoisotopic (exact) mass is 273 g/mol. The van der Waals surface area contributed by atoms with Crippen LogP contribution in [0.15, 0.2) is 42.5 Å². The largest absolute Gasteiger partial charge is 0.489 e. The van der Waals surface area contributed by atoms with Gasteiger partial charge >= 0.3 is 0 Å². The molecular formula is C16H16ClNO. The highest BCUT2D eigenvalue weighted by Crippen LogP contribution is 2.27. The number of rotatable bonds is 3. The van der Waals surface area contributed by atoms with E-state index in [0.717, 1.165) is 18.7 Å². The maximum absolute atomic E-state index is 5.95. The first-order valence-electron chi connectivity index (χ1n) is 6.56. The van der Waals surface area contributed by atoms with Gasteiger partial charge in [0.2, 0.25) is 0 Å². The molecule has 0 radical (unpaired) electrons. The molecule has 2 aromatic carbocycles. The molecule has 98 valence electrons. The number of nitrogens with one attached hydrogen (secondary N) is 1. The van der Waals surface area contributed by atoms with Gasteiger partial charge in [-0.25, -0.2) is 0 Å². The number of halogens is 1. The van der Waals surface area contributed by atoms with Crippen LogP contribution in [0.5, 0.6) is 5.75 Å². The van der Waals surface area contributed by atoms with E-state index < -0.39 is 0 Å². The fourth-order valence-corrected chi connectivity index (χ4v) is 2.60. The number of fused-ring (bicyclic) bond motifs is 1. The summed E-state index contributed by atoms with van der Waals surface area (Å²) in [7, 11) is 0. The third-order valence-corrected chi connectivity index (χ3v) is 3.59. The maximum Gasteiger partial charge on any atom is 0.121 e. The van der Waals surface area contributed by atoms with Gasteiger partial charge in [0.05, 0.1) is 0 Å². The molecule has 1 heterocycles. The molecule has 0 fully saturated rings. The van der Waals surface area contributed by atoms with Crippen molar-refractivity contribution >= 4 is 17.3 Å². The molecule has 0 aromatic heterocycles. The third kappa shape index (κ3) is 2.85. The summed E-state index contributed by atoms with van der Waals surface area (Å²) in [5, 5.41) is 4.17. The van der Waals surface area contributed by atoms with E-state index in [-0.39, 0.29) is 0 Å². The average molecular weight is 274 g/mol. The quantitative estimate of drug-likeness (QED) is 0.901. The molecule has 0 aliphatic carbocycles. The molecule has 19 heavy (non-hydrogen) atoms. The average Bonchev–Trinajstić information content (AvgIpc) is 2.45. The summed E-state index contributed by atoms with van der Waals surface area (Å²) < 4.78 is 5.81. The molecule has 3 rings (SSSR count). The molecule has 0 saturated heterocycles. The zero-order valence-electron chi connectivity index (χ0n) is 10.7. The molecule has 2 nitrogen and oxygen atoms in total. The maximum atomic E-state index is 5.95. The zero-order chi connectivity index (χ0) is 13.1. The molecule has 0 bridgehead atoms. The molecule has 1 aliphatic heterocycles. The Labute approximate surface area is 118 Å². The van der Waals surface area contributed by atoms with Crippen molar-refractivity contribution in [2.75, 3.05) is 11.9 Å². The van der Waals surface area contributed by atoms with Crippen molar-refractivity contribution in [2.45, 2.75) is 19.4 Å². The van der Waals surface area contributed by atoms with Crippen LogP contribution in [0.3, 0.4) is 0 Å². The van der Waals surface area contributed by atoms with Gasteiger partial charge in [0.25, 0.3) is 0 Å². The lowest BCUT2D eigenvalue weighted by atomic mass is 10.00.